The van der Waals surface area contributed by atoms with E-state index in [1.54, 1.807) is 0 Å². The molecule has 14 heavy (non-hydrogen) atoms. The van der Waals surface area contributed by atoms with Crippen molar-refractivity contribution in [3.8, 4) is 0 Å². The van der Waals surface area contributed by atoms with E-state index in [0.29, 0.717) is 6.54 Å². The predicted molar refractivity (Wildman–Crippen MR) is 57.0 cm³/mol. The number of aliphatic hydroxyl groups excluding tert-OH is 1. The van der Waals surface area contributed by atoms with Gasteiger partial charge in [-0.1, -0.05) is 20.8 Å². The standard InChI is InChI=1S/C10H22N2O2/c1-4-5-11-6-10(14)12-9(7-13)8(2)3/h8-9,11,13H,4-7H2,1-3H3,(H,12,14)/t9-/m1/s1. The lowest BCUT2D eigenvalue weighted by atomic mass is 10.1. The highest BCUT2D eigenvalue weighted by Gasteiger charge is 2.14. The average Bonchev–Trinajstić information content (AvgIpc) is 2.14. The van der Waals surface area contributed by atoms with E-state index in [1.165, 1.54) is 0 Å². The van der Waals surface area contributed by atoms with Crippen LogP contribution in [0.3, 0.4) is 0 Å². The Labute approximate surface area is 86.1 Å². The fourth-order valence-corrected chi connectivity index (χ4v) is 1.06. The van der Waals surface area contributed by atoms with Gasteiger partial charge in [-0.3, -0.25) is 4.79 Å². The number of carbonyl (C=O) groups excluding carboxylic acids is 1. The summed E-state index contributed by atoms with van der Waals surface area (Å²) in [5.74, 6) is 0.210. The molecule has 0 saturated heterocycles. The summed E-state index contributed by atoms with van der Waals surface area (Å²) in [4.78, 5) is 11.3. The molecule has 0 spiro atoms. The minimum Gasteiger partial charge on any atom is -0.394 e. The van der Waals surface area contributed by atoms with Gasteiger partial charge in [-0.05, 0) is 18.9 Å². The molecule has 0 rings (SSSR count). The highest BCUT2D eigenvalue weighted by atomic mass is 16.3. The van der Waals surface area contributed by atoms with Crippen molar-refractivity contribution >= 4 is 5.91 Å². The third kappa shape index (κ3) is 5.94. The molecule has 1 amide bonds. The lowest BCUT2D eigenvalue weighted by molar-refractivity contribution is -0.121. The maximum absolute atomic E-state index is 11.3. The first-order valence-electron chi connectivity index (χ1n) is 5.22. The molecule has 0 aliphatic rings. The Kier molecular flexibility index (Phi) is 7.42. The third-order valence-corrected chi connectivity index (χ3v) is 2.06. The van der Waals surface area contributed by atoms with Gasteiger partial charge in [0.15, 0.2) is 0 Å². The van der Waals surface area contributed by atoms with Gasteiger partial charge in [0.2, 0.25) is 5.91 Å². The van der Waals surface area contributed by atoms with Crippen molar-refractivity contribution in [1.29, 1.82) is 0 Å². The van der Waals surface area contributed by atoms with Crippen LogP contribution < -0.4 is 10.6 Å². The first kappa shape index (κ1) is 13.4. The second-order valence-corrected chi connectivity index (χ2v) is 3.78. The third-order valence-electron chi connectivity index (χ3n) is 2.06. The first-order valence-corrected chi connectivity index (χ1v) is 5.22. The predicted octanol–water partition coefficient (Wildman–Crippen LogP) is 0.119. The van der Waals surface area contributed by atoms with Crippen LogP contribution in [0, 0.1) is 5.92 Å². The molecular formula is C10H22N2O2. The van der Waals surface area contributed by atoms with Crippen LogP contribution in [0.25, 0.3) is 0 Å². The molecular weight excluding hydrogens is 180 g/mol. The highest BCUT2D eigenvalue weighted by Crippen LogP contribution is 1.99. The van der Waals surface area contributed by atoms with Crippen molar-refractivity contribution < 1.29 is 9.90 Å². The van der Waals surface area contributed by atoms with Crippen molar-refractivity contribution in [2.45, 2.75) is 33.2 Å². The number of rotatable bonds is 7. The quantitative estimate of drug-likeness (QED) is 0.514. The molecule has 0 aromatic heterocycles. The average molecular weight is 202 g/mol. The van der Waals surface area contributed by atoms with Gasteiger partial charge < -0.3 is 15.7 Å². The Hall–Kier alpha value is -0.610. The molecule has 0 heterocycles. The molecule has 84 valence electrons. The monoisotopic (exact) mass is 202 g/mol. The van der Waals surface area contributed by atoms with E-state index in [9.17, 15) is 4.79 Å². The summed E-state index contributed by atoms with van der Waals surface area (Å²) in [7, 11) is 0. The molecule has 0 bridgehead atoms. The Bertz CT molecular complexity index is 160. The minimum absolute atomic E-state index is 0.00279. The number of amides is 1. The van der Waals surface area contributed by atoms with Crippen LogP contribution in [-0.2, 0) is 4.79 Å². The highest BCUT2D eigenvalue weighted by molar-refractivity contribution is 5.78. The summed E-state index contributed by atoms with van der Waals surface area (Å²) in [6.07, 6.45) is 1.01. The van der Waals surface area contributed by atoms with Gasteiger partial charge in [0.25, 0.3) is 0 Å². The Morgan fingerprint density at radius 1 is 1.43 bits per heavy atom. The lowest BCUT2D eigenvalue weighted by Crippen LogP contribution is -2.44. The number of nitrogens with one attached hydrogen (secondary N) is 2. The van der Waals surface area contributed by atoms with Crippen LogP contribution in [0.5, 0.6) is 0 Å². The zero-order chi connectivity index (χ0) is 11.0. The van der Waals surface area contributed by atoms with E-state index >= 15 is 0 Å². The normalized spacial score (nSPS) is 12.9. The number of hydrogen-bond donors (Lipinski definition) is 3. The molecule has 0 saturated carbocycles. The van der Waals surface area contributed by atoms with E-state index in [4.69, 9.17) is 5.11 Å². The van der Waals surface area contributed by atoms with Gasteiger partial charge in [0.1, 0.15) is 0 Å². The molecule has 1 atom stereocenters. The summed E-state index contributed by atoms with van der Waals surface area (Å²) >= 11 is 0. The van der Waals surface area contributed by atoms with Crippen molar-refractivity contribution in [2.24, 2.45) is 5.92 Å². The van der Waals surface area contributed by atoms with Crippen LogP contribution in [0.2, 0.25) is 0 Å². The fraction of sp³-hybridized carbons (Fsp3) is 0.900. The largest absolute Gasteiger partial charge is 0.394 e. The SMILES string of the molecule is CCCNCC(=O)N[C@H](CO)C(C)C. The fourth-order valence-electron chi connectivity index (χ4n) is 1.06. The zero-order valence-electron chi connectivity index (χ0n) is 9.34. The van der Waals surface area contributed by atoms with Crippen molar-refractivity contribution in [1.82, 2.24) is 10.6 Å². The first-order chi connectivity index (χ1) is 6.61. The zero-order valence-corrected chi connectivity index (χ0v) is 9.34. The molecule has 0 aliphatic heterocycles. The molecule has 0 aliphatic carbocycles. The second-order valence-electron chi connectivity index (χ2n) is 3.78. The van der Waals surface area contributed by atoms with Gasteiger partial charge in [-0.2, -0.15) is 0 Å². The van der Waals surface area contributed by atoms with Gasteiger partial charge in [-0.15, -0.1) is 0 Å². The van der Waals surface area contributed by atoms with Crippen LogP contribution >= 0.6 is 0 Å². The molecule has 0 fully saturated rings. The van der Waals surface area contributed by atoms with E-state index < -0.39 is 0 Å². The minimum atomic E-state index is -0.133. The summed E-state index contributed by atoms with van der Waals surface area (Å²) in [5, 5.41) is 14.8. The summed E-state index contributed by atoms with van der Waals surface area (Å²) in [6, 6.07) is -0.133. The van der Waals surface area contributed by atoms with E-state index in [2.05, 4.69) is 17.6 Å². The van der Waals surface area contributed by atoms with Crippen molar-refractivity contribution in [3.63, 3.8) is 0 Å². The maximum Gasteiger partial charge on any atom is 0.234 e. The molecule has 3 N–H and O–H groups in total. The molecule has 4 heteroatoms. The Morgan fingerprint density at radius 3 is 2.50 bits per heavy atom. The van der Waals surface area contributed by atoms with Crippen molar-refractivity contribution in [3.05, 3.63) is 0 Å². The molecule has 0 unspecified atom stereocenters. The van der Waals surface area contributed by atoms with E-state index in [-0.39, 0.29) is 24.5 Å². The molecule has 0 radical (unpaired) electrons. The van der Waals surface area contributed by atoms with Gasteiger partial charge in [0, 0.05) is 0 Å². The Balaban J connectivity index is 3.68. The molecule has 0 aromatic rings. The van der Waals surface area contributed by atoms with Crippen LogP contribution in [-0.4, -0.2) is 36.8 Å². The summed E-state index contributed by atoms with van der Waals surface area (Å²) < 4.78 is 0. The van der Waals surface area contributed by atoms with E-state index in [0.717, 1.165) is 13.0 Å². The Morgan fingerprint density at radius 2 is 2.07 bits per heavy atom. The van der Waals surface area contributed by atoms with Crippen molar-refractivity contribution in [2.75, 3.05) is 19.7 Å². The number of aliphatic hydroxyl groups is 1. The molecule has 4 nitrogen and oxygen atoms in total. The summed E-state index contributed by atoms with van der Waals surface area (Å²) in [6.45, 7) is 7.17. The van der Waals surface area contributed by atoms with Crippen LogP contribution in [0.1, 0.15) is 27.2 Å². The molecule has 0 aromatic carbocycles. The maximum atomic E-state index is 11.3. The van der Waals surface area contributed by atoms with Crippen LogP contribution in [0.4, 0.5) is 0 Å². The van der Waals surface area contributed by atoms with Gasteiger partial charge in [-0.25, -0.2) is 0 Å². The number of carbonyl (C=O) groups is 1. The van der Waals surface area contributed by atoms with Gasteiger partial charge in [0.05, 0.1) is 19.2 Å². The lowest BCUT2D eigenvalue weighted by Gasteiger charge is -2.19. The summed E-state index contributed by atoms with van der Waals surface area (Å²) in [5.41, 5.74) is 0. The topological polar surface area (TPSA) is 61.4 Å². The smallest absolute Gasteiger partial charge is 0.234 e. The van der Waals surface area contributed by atoms with Crippen LogP contribution in [0.15, 0.2) is 0 Å². The second kappa shape index (κ2) is 7.76. The van der Waals surface area contributed by atoms with Gasteiger partial charge >= 0.3 is 0 Å². The van der Waals surface area contributed by atoms with E-state index in [1.807, 2.05) is 13.8 Å². The number of hydrogen-bond acceptors (Lipinski definition) is 3.